The molecule has 1 unspecified atom stereocenters. The molecule has 0 fully saturated rings. The van der Waals surface area contributed by atoms with Crippen LogP contribution in [-0.2, 0) is 9.53 Å². The summed E-state index contributed by atoms with van der Waals surface area (Å²) in [6, 6.07) is 7.39. The Balaban J connectivity index is 2.66. The van der Waals surface area contributed by atoms with Gasteiger partial charge in [-0.3, -0.25) is 4.79 Å². The number of aliphatic hydroxyl groups excluding tert-OH is 1. The molecule has 1 amide bonds. The quantitative estimate of drug-likeness (QED) is 0.702. The van der Waals surface area contributed by atoms with Crippen LogP contribution in [-0.4, -0.2) is 36.7 Å². The van der Waals surface area contributed by atoms with E-state index in [4.69, 9.17) is 5.11 Å². The monoisotopic (exact) mass is 223 g/mol. The molecule has 0 aliphatic rings. The Morgan fingerprint density at radius 3 is 2.50 bits per heavy atom. The van der Waals surface area contributed by atoms with Crippen molar-refractivity contribution in [2.24, 2.45) is 0 Å². The summed E-state index contributed by atoms with van der Waals surface area (Å²) >= 11 is 0. The van der Waals surface area contributed by atoms with E-state index in [1.165, 1.54) is 7.11 Å². The maximum Gasteiger partial charge on any atom is 0.330 e. The number of nitrogens with one attached hydrogen (secondary N) is 1. The minimum absolute atomic E-state index is 0.421. The van der Waals surface area contributed by atoms with Gasteiger partial charge in [0.1, 0.15) is 0 Å². The van der Waals surface area contributed by atoms with Crippen molar-refractivity contribution in [2.75, 3.05) is 13.7 Å². The van der Waals surface area contributed by atoms with Crippen LogP contribution < -0.4 is 5.32 Å². The van der Waals surface area contributed by atoms with Crippen LogP contribution >= 0.6 is 0 Å². The highest BCUT2D eigenvalue weighted by atomic mass is 16.5. The number of amides is 1. The lowest BCUT2D eigenvalue weighted by Gasteiger charge is -2.13. The number of hydrogen-bond donors (Lipinski definition) is 2. The summed E-state index contributed by atoms with van der Waals surface area (Å²) in [7, 11) is 1.19. The summed E-state index contributed by atoms with van der Waals surface area (Å²) < 4.78 is 4.43. The summed E-state index contributed by atoms with van der Waals surface area (Å²) in [5.74, 6) is -1.10. The predicted molar refractivity (Wildman–Crippen MR) is 56.8 cm³/mol. The highest BCUT2D eigenvalue weighted by Crippen LogP contribution is 1.99. The summed E-state index contributed by atoms with van der Waals surface area (Å²) in [4.78, 5) is 22.7. The summed E-state index contributed by atoms with van der Waals surface area (Å²) in [6.07, 6.45) is 0. The van der Waals surface area contributed by atoms with Crippen LogP contribution in [0.15, 0.2) is 30.3 Å². The topological polar surface area (TPSA) is 75.6 Å². The Kier molecular flexibility index (Phi) is 4.47. The number of rotatable bonds is 4. The first-order chi connectivity index (χ1) is 7.69. The fraction of sp³-hybridized carbons (Fsp3) is 0.273. The van der Waals surface area contributed by atoms with Crippen molar-refractivity contribution in [3.63, 3.8) is 0 Å². The minimum Gasteiger partial charge on any atom is -0.467 e. The molecule has 0 heterocycles. The first kappa shape index (κ1) is 12.2. The third-order valence-corrected chi connectivity index (χ3v) is 2.01. The van der Waals surface area contributed by atoms with Crippen molar-refractivity contribution in [1.82, 2.24) is 5.32 Å². The predicted octanol–water partition coefficient (Wildman–Crippen LogP) is -0.0497. The van der Waals surface area contributed by atoms with Gasteiger partial charge in [0.15, 0.2) is 6.04 Å². The van der Waals surface area contributed by atoms with Gasteiger partial charge in [-0.25, -0.2) is 4.79 Å². The number of methoxy groups -OCH3 is 1. The number of carbonyl (C=O) groups excluding carboxylic acids is 2. The molecule has 0 spiro atoms. The number of benzene rings is 1. The smallest absolute Gasteiger partial charge is 0.330 e. The van der Waals surface area contributed by atoms with E-state index in [1.54, 1.807) is 30.3 Å². The molecule has 0 radical (unpaired) electrons. The van der Waals surface area contributed by atoms with Crippen molar-refractivity contribution in [2.45, 2.75) is 6.04 Å². The normalized spacial score (nSPS) is 11.6. The molecular formula is C11H13NO4. The zero-order chi connectivity index (χ0) is 12.0. The van der Waals surface area contributed by atoms with Crippen LogP contribution in [0.4, 0.5) is 0 Å². The van der Waals surface area contributed by atoms with Gasteiger partial charge in [-0.1, -0.05) is 18.2 Å². The largest absolute Gasteiger partial charge is 0.467 e. The van der Waals surface area contributed by atoms with Crippen molar-refractivity contribution in [1.29, 1.82) is 0 Å². The van der Waals surface area contributed by atoms with Gasteiger partial charge in [0, 0.05) is 5.56 Å². The molecule has 0 aliphatic heterocycles. The van der Waals surface area contributed by atoms with Crippen molar-refractivity contribution < 1.29 is 19.4 Å². The summed E-state index contributed by atoms with van der Waals surface area (Å²) in [6.45, 7) is -0.495. The van der Waals surface area contributed by atoms with Gasteiger partial charge in [-0.15, -0.1) is 0 Å². The molecule has 1 aromatic rings. The molecule has 1 atom stereocenters. The van der Waals surface area contributed by atoms with E-state index in [9.17, 15) is 9.59 Å². The molecule has 0 saturated heterocycles. The Labute approximate surface area is 93.0 Å². The number of esters is 1. The molecule has 0 aliphatic carbocycles. The SMILES string of the molecule is COC(=O)C(CO)NC(=O)c1ccccc1. The zero-order valence-corrected chi connectivity index (χ0v) is 8.84. The fourth-order valence-corrected chi connectivity index (χ4v) is 1.15. The molecule has 1 aromatic carbocycles. The third-order valence-electron chi connectivity index (χ3n) is 2.01. The summed E-state index contributed by atoms with van der Waals surface area (Å²) in [5, 5.41) is 11.3. The van der Waals surface area contributed by atoms with E-state index >= 15 is 0 Å². The molecule has 86 valence electrons. The van der Waals surface area contributed by atoms with Crippen LogP contribution in [0.1, 0.15) is 10.4 Å². The first-order valence-corrected chi connectivity index (χ1v) is 4.73. The maximum absolute atomic E-state index is 11.6. The standard InChI is InChI=1S/C11H13NO4/c1-16-11(15)9(7-13)12-10(14)8-5-3-2-4-6-8/h2-6,9,13H,7H2,1H3,(H,12,14). The molecule has 0 aromatic heterocycles. The van der Waals surface area contributed by atoms with E-state index in [-0.39, 0.29) is 0 Å². The molecule has 1 rings (SSSR count). The molecule has 5 heteroatoms. The van der Waals surface area contributed by atoms with E-state index < -0.39 is 24.5 Å². The van der Waals surface area contributed by atoms with Crippen molar-refractivity contribution >= 4 is 11.9 Å². The molecule has 5 nitrogen and oxygen atoms in total. The lowest BCUT2D eigenvalue weighted by molar-refractivity contribution is -0.143. The second-order valence-electron chi connectivity index (χ2n) is 3.10. The molecule has 0 bridgehead atoms. The first-order valence-electron chi connectivity index (χ1n) is 4.73. The highest BCUT2D eigenvalue weighted by Gasteiger charge is 2.20. The van der Waals surface area contributed by atoms with Gasteiger partial charge < -0.3 is 15.2 Å². The molecule has 2 N–H and O–H groups in total. The molecular weight excluding hydrogens is 210 g/mol. The Bertz CT molecular complexity index is 364. The Morgan fingerprint density at radius 1 is 1.38 bits per heavy atom. The van der Waals surface area contributed by atoms with Gasteiger partial charge in [-0.05, 0) is 12.1 Å². The fourth-order valence-electron chi connectivity index (χ4n) is 1.15. The van der Waals surface area contributed by atoms with Crippen LogP contribution in [0.25, 0.3) is 0 Å². The Morgan fingerprint density at radius 2 is 2.00 bits per heavy atom. The van der Waals surface area contributed by atoms with Gasteiger partial charge in [0.05, 0.1) is 13.7 Å². The number of ether oxygens (including phenoxy) is 1. The van der Waals surface area contributed by atoms with Crippen LogP contribution in [0, 0.1) is 0 Å². The van der Waals surface area contributed by atoms with E-state index in [0.717, 1.165) is 0 Å². The van der Waals surface area contributed by atoms with E-state index in [0.29, 0.717) is 5.56 Å². The number of hydrogen-bond acceptors (Lipinski definition) is 4. The zero-order valence-electron chi connectivity index (χ0n) is 8.84. The van der Waals surface area contributed by atoms with Gasteiger partial charge in [-0.2, -0.15) is 0 Å². The lowest BCUT2D eigenvalue weighted by atomic mass is 10.2. The average Bonchev–Trinajstić information content (AvgIpc) is 2.35. The number of aliphatic hydroxyl groups is 1. The minimum atomic E-state index is -1.03. The van der Waals surface area contributed by atoms with Crippen molar-refractivity contribution in [3.05, 3.63) is 35.9 Å². The molecule has 0 saturated carbocycles. The second-order valence-corrected chi connectivity index (χ2v) is 3.10. The van der Waals surface area contributed by atoms with Gasteiger partial charge >= 0.3 is 5.97 Å². The van der Waals surface area contributed by atoms with Gasteiger partial charge in [0.2, 0.25) is 0 Å². The average molecular weight is 223 g/mol. The van der Waals surface area contributed by atoms with E-state index in [2.05, 4.69) is 10.1 Å². The van der Waals surface area contributed by atoms with Crippen LogP contribution in [0.5, 0.6) is 0 Å². The third kappa shape index (κ3) is 3.06. The van der Waals surface area contributed by atoms with E-state index in [1.807, 2.05) is 0 Å². The summed E-state index contributed by atoms with van der Waals surface area (Å²) in [5.41, 5.74) is 0.421. The second kappa shape index (κ2) is 5.87. The van der Waals surface area contributed by atoms with Crippen molar-refractivity contribution in [3.8, 4) is 0 Å². The van der Waals surface area contributed by atoms with Crippen LogP contribution in [0.3, 0.4) is 0 Å². The van der Waals surface area contributed by atoms with Crippen LogP contribution in [0.2, 0.25) is 0 Å². The Hall–Kier alpha value is -1.88. The maximum atomic E-state index is 11.6. The van der Waals surface area contributed by atoms with Gasteiger partial charge in [0.25, 0.3) is 5.91 Å². The molecule has 16 heavy (non-hydrogen) atoms. The highest BCUT2D eigenvalue weighted by molar-refractivity contribution is 5.96. The lowest BCUT2D eigenvalue weighted by Crippen LogP contribution is -2.44. The number of carbonyl (C=O) groups is 2.